The summed E-state index contributed by atoms with van der Waals surface area (Å²) >= 11 is 11.4. The SMILES string of the molecule is CCC(C)(CNC(=O)c1ccc(Cl)nc1Cl)C(=O)O. The zero-order valence-corrected chi connectivity index (χ0v) is 12.0. The fraction of sp³-hybridized carbons (Fsp3) is 0.417. The van der Waals surface area contributed by atoms with Gasteiger partial charge in [0.15, 0.2) is 0 Å². The molecule has 1 amide bonds. The molecule has 0 spiro atoms. The number of carbonyl (C=O) groups is 2. The zero-order valence-electron chi connectivity index (χ0n) is 10.5. The number of aromatic nitrogens is 1. The first kappa shape index (κ1) is 15.7. The second-order valence-electron chi connectivity index (χ2n) is 4.37. The quantitative estimate of drug-likeness (QED) is 0.820. The Balaban J connectivity index is 2.78. The van der Waals surface area contributed by atoms with Gasteiger partial charge in [-0.3, -0.25) is 9.59 Å². The Morgan fingerprint density at radius 2 is 2.05 bits per heavy atom. The molecule has 104 valence electrons. The van der Waals surface area contributed by atoms with E-state index in [1.54, 1.807) is 13.8 Å². The van der Waals surface area contributed by atoms with E-state index in [2.05, 4.69) is 10.3 Å². The minimum absolute atomic E-state index is 0.0105. The minimum atomic E-state index is -1.01. The predicted molar refractivity (Wildman–Crippen MR) is 72.6 cm³/mol. The lowest BCUT2D eigenvalue weighted by Crippen LogP contribution is -2.40. The molecular formula is C12H14Cl2N2O3. The number of rotatable bonds is 5. The van der Waals surface area contributed by atoms with Crippen LogP contribution in [-0.4, -0.2) is 28.5 Å². The van der Waals surface area contributed by atoms with Crippen LogP contribution in [0.1, 0.15) is 30.6 Å². The molecule has 7 heteroatoms. The van der Waals surface area contributed by atoms with Gasteiger partial charge >= 0.3 is 5.97 Å². The maximum absolute atomic E-state index is 11.9. The molecular weight excluding hydrogens is 291 g/mol. The Kier molecular flexibility index (Phi) is 5.14. The van der Waals surface area contributed by atoms with E-state index in [1.807, 2.05) is 0 Å². The van der Waals surface area contributed by atoms with Gasteiger partial charge in [-0.2, -0.15) is 0 Å². The molecule has 1 aromatic rings. The van der Waals surface area contributed by atoms with E-state index >= 15 is 0 Å². The smallest absolute Gasteiger partial charge is 0.311 e. The number of halogens is 2. The van der Waals surface area contributed by atoms with E-state index in [1.165, 1.54) is 12.1 Å². The Labute approximate surface area is 120 Å². The van der Waals surface area contributed by atoms with Crippen LogP contribution in [0.3, 0.4) is 0 Å². The first-order chi connectivity index (χ1) is 8.80. The fourth-order valence-corrected chi connectivity index (χ4v) is 1.73. The summed E-state index contributed by atoms with van der Waals surface area (Å²) in [6, 6.07) is 2.88. The van der Waals surface area contributed by atoms with Crippen LogP contribution in [0.4, 0.5) is 0 Å². The number of amides is 1. The van der Waals surface area contributed by atoms with E-state index in [-0.39, 0.29) is 22.4 Å². The molecule has 0 radical (unpaired) electrons. The van der Waals surface area contributed by atoms with Gasteiger partial charge in [0.05, 0.1) is 11.0 Å². The lowest BCUT2D eigenvalue weighted by atomic mass is 9.87. The van der Waals surface area contributed by atoms with Crippen LogP contribution in [0.25, 0.3) is 0 Å². The average Bonchev–Trinajstić information content (AvgIpc) is 2.35. The summed E-state index contributed by atoms with van der Waals surface area (Å²) in [6.45, 7) is 3.32. The summed E-state index contributed by atoms with van der Waals surface area (Å²) in [7, 11) is 0. The van der Waals surface area contributed by atoms with Gasteiger partial charge in [0.25, 0.3) is 5.91 Å². The second kappa shape index (κ2) is 6.21. The number of pyridine rings is 1. The maximum Gasteiger partial charge on any atom is 0.311 e. The topological polar surface area (TPSA) is 79.3 Å². The summed E-state index contributed by atoms with van der Waals surface area (Å²) < 4.78 is 0. The molecule has 0 aliphatic carbocycles. The Bertz CT molecular complexity index is 508. The van der Waals surface area contributed by atoms with E-state index in [4.69, 9.17) is 28.3 Å². The normalized spacial score (nSPS) is 13.7. The summed E-state index contributed by atoms with van der Waals surface area (Å²) in [5.41, 5.74) is -0.850. The van der Waals surface area contributed by atoms with Crippen molar-refractivity contribution in [3.8, 4) is 0 Å². The average molecular weight is 305 g/mol. The molecule has 0 aliphatic heterocycles. The van der Waals surface area contributed by atoms with Gasteiger partial charge in [-0.05, 0) is 25.5 Å². The molecule has 0 saturated heterocycles. The predicted octanol–water partition coefficient (Wildman–Crippen LogP) is 2.62. The third-order valence-corrected chi connectivity index (χ3v) is 3.49. The molecule has 0 aliphatic rings. The lowest BCUT2D eigenvalue weighted by Gasteiger charge is -2.23. The van der Waals surface area contributed by atoms with Crippen molar-refractivity contribution in [2.24, 2.45) is 5.41 Å². The Morgan fingerprint density at radius 1 is 1.42 bits per heavy atom. The number of nitrogens with zero attached hydrogens (tertiary/aromatic N) is 1. The van der Waals surface area contributed by atoms with Crippen LogP contribution in [0.2, 0.25) is 10.3 Å². The molecule has 0 saturated carbocycles. The number of carbonyl (C=O) groups excluding carboxylic acids is 1. The van der Waals surface area contributed by atoms with Gasteiger partial charge in [-0.15, -0.1) is 0 Å². The van der Waals surface area contributed by atoms with Crippen molar-refractivity contribution in [1.29, 1.82) is 0 Å². The molecule has 1 rings (SSSR count). The highest BCUT2D eigenvalue weighted by atomic mass is 35.5. The van der Waals surface area contributed by atoms with Gasteiger partial charge in [0.2, 0.25) is 0 Å². The van der Waals surface area contributed by atoms with E-state index in [0.717, 1.165) is 0 Å². The molecule has 2 N–H and O–H groups in total. The molecule has 1 unspecified atom stereocenters. The third-order valence-electron chi connectivity index (χ3n) is 3.00. The van der Waals surface area contributed by atoms with Crippen molar-refractivity contribution >= 4 is 35.1 Å². The fourth-order valence-electron chi connectivity index (χ4n) is 1.30. The summed E-state index contributed by atoms with van der Waals surface area (Å²) in [4.78, 5) is 26.7. The van der Waals surface area contributed by atoms with Crippen LogP contribution >= 0.6 is 23.2 Å². The Hall–Kier alpha value is -1.33. The van der Waals surface area contributed by atoms with Crippen molar-refractivity contribution in [2.75, 3.05) is 6.54 Å². The summed E-state index contributed by atoms with van der Waals surface area (Å²) in [6.07, 6.45) is 0.398. The van der Waals surface area contributed by atoms with E-state index in [9.17, 15) is 9.59 Å². The highest BCUT2D eigenvalue weighted by Gasteiger charge is 2.31. The molecule has 0 aromatic carbocycles. The highest BCUT2D eigenvalue weighted by Crippen LogP contribution is 2.21. The van der Waals surface area contributed by atoms with Crippen molar-refractivity contribution in [2.45, 2.75) is 20.3 Å². The highest BCUT2D eigenvalue weighted by molar-refractivity contribution is 6.34. The van der Waals surface area contributed by atoms with Crippen molar-refractivity contribution < 1.29 is 14.7 Å². The first-order valence-corrected chi connectivity index (χ1v) is 6.39. The minimum Gasteiger partial charge on any atom is -0.481 e. The number of carboxylic acid groups (broad SMARTS) is 1. The Morgan fingerprint density at radius 3 is 2.53 bits per heavy atom. The molecule has 1 heterocycles. The van der Waals surface area contributed by atoms with Crippen molar-refractivity contribution in [3.63, 3.8) is 0 Å². The lowest BCUT2D eigenvalue weighted by molar-refractivity contribution is -0.147. The van der Waals surface area contributed by atoms with Gasteiger partial charge in [-0.1, -0.05) is 30.1 Å². The van der Waals surface area contributed by atoms with Crippen LogP contribution < -0.4 is 5.32 Å². The maximum atomic E-state index is 11.9. The van der Waals surface area contributed by atoms with Gasteiger partial charge in [-0.25, -0.2) is 4.98 Å². The zero-order chi connectivity index (χ0) is 14.6. The standard InChI is InChI=1S/C12H14Cl2N2O3/c1-3-12(2,11(18)19)6-15-10(17)7-4-5-8(13)16-9(7)14/h4-5H,3,6H2,1-2H3,(H,15,17)(H,18,19). The van der Waals surface area contributed by atoms with E-state index < -0.39 is 17.3 Å². The monoisotopic (exact) mass is 304 g/mol. The number of carboxylic acids is 1. The van der Waals surface area contributed by atoms with Crippen LogP contribution in [0.15, 0.2) is 12.1 Å². The molecule has 0 bridgehead atoms. The summed E-state index contributed by atoms with van der Waals surface area (Å²) in [5, 5.41) is 11.8. The number of nitrogens with one attached hydrogen (secondary N) is 1. The largest absolute Gasteiger partial charge is 0.481 e. The van der Waals surface area contributed by atoms with Crippen molar-refractivity contribution in [3.05, 3.63) is 28.0 Å². The molecule has 1 aromatic heterocycles. The van der Waals surface area contributed by atoms with E-state index in [0.29, 0.717) is 6.42 Å². The number of aliphatic carboxylic acids is 1. The van der Waals surface area contributed by atoms with Crippen LogP contribution in [-0.2, 0) is 4.79 Å². The molecule has 19 heavy (non-hydrogen) atoms. The molecule has 1 atom stereocenters. The van der Waals surface area contributed by atoms with Gasteiger partial charge < -0.3 is 10.4 Å². The number of hydrogen-bond donors (Lipinski definition) is 2. The van der Waals surface area contributed by atoms with Crippen LogP contribution in [0.5, 0.6) is 0 Å². The van der Waals surface area contributed by atoms with Crippen LogP contribution in [0, 0.1) is 5.41 Å². The first-order valence-electron chi connectivity index (χ1n) is 5.64. The second-order valence-corrected chi connectivity index (χ2v) is 5.12. The van der Waals surface area contributed by atoms with Gasteiger partial charge in [0, 0.05) is 6.54 Å². The number of hydrogen-bond acceptors (Lipinski definition) is 3. The summed E-state index contributed by atoms with van der Waals surface area (Å²) in [5.74, 6) is -1.44. The molecule has 5 nitrogen and oxygen atoms in total. The third kappa shape index (κ3) is 3.81. The molecule has 0 fully saturated rings. The van der Waals surface area contributed by atoms with Gasteiger partial charge in [0.1, 0.15) is 10.3 Å². The van der Waals surface area contributed by atoms with Crippen molar-refractivity contribution in [1.82, 2.24) is 10.3 Å².